The number of aryl methyl sites for hydroxylation is 4. The van der Waals surface area contributed by atoms with Crippen LogP contribution in [-0.2, 0) is 19.3 Å². The van der Waals surface area contributed by atoms with Gasteiger partial charge in [0.2, 0.25) is 0 Å². The third-order valence-electron chi connectivity index (χ3n) is 6.38. The monoisotopic (exact) mass is 488 g/mol. The Morgan fingerprint density at radius 2 is 1.69 bits per heavy atom. The van der Waals surface area contributed by atoms with Crippen LogP contribution in [0.25, 0.3) is 0 Å². The zero-order valence-corrected chi connectivity index (χ0v) is 20.6. The minimum absolute atomic E-state index is 0.202. The van der Waals surface area contributed by atoms with Crippen LogP contribution in [0.5, 0.6) is 5.75 Å². The summed E-state index contributed by atoms with van der Waals surface area (Å²) < 4.78 is 5.59. The number of carbonyl (C=O) groups excluding carboxylic acids is 1. The van der Waals surface area contributed by atoms with Gasteiger partial charge in [-0.3, -0.25) is 14.9 Å². The number of pyridine rings is 2. The SMILES string of the molecule is Cc1ccnc(CCc2ccc(OC(=O)N3CCN(CCCc4ccc(C(=O)O)cn4)CC3)cc2)c1. The predicted molar refractivity (Wildman–Crippen MR) is 136 cm³/mol. The lowest BCUT2D eigenvalue weighted by atomic mass is 10.1. The van der Waals surface area contributed by atoms with Crippen molar-refractivity contribution < 1.29 is 19.4 Å². The predicted octanol–water partition coefficient (Wildman–Crippen LogP) is 4.02. The molecule has 3 heterocycles. The molecule has 1 saturated heterocycles. The van der Waals surface area contributed by atoms with Gasteiger partial charge in [0.25, 0.3) is 0 Å². The molecule has 1 amide bonds. The number of rotatable bonds is 9. The maximum Gasteiger partial charge on any atom is 0.415 e. The molecule has 3 aromatic rings. The number of hydrogen-bond donors (Lipinski definition) is 1. The summed E-state index contributed by atoms with van der Waals surface area (Å²) in [5.41, 5.74) is 4.56. The van der Waals surface area contributed by atoms with Gasteiger partial charge in [0, 0.05) is 50.0 Å². The molecule has 8 heteroatoms. The van der Waals surface area contributed by atoms with E-state index in [1.165, 1.54) is 17.3 Å². The molecule has 4 rings (SSSR count). The van der Waals surface area contributed by atoms with Crippen LogP contribution in [0.3, 0.4) is 0 Å². The van der Waals surface area contributed by atoms with Gasteiger partial charge in [-0.25, -0.2) is 9.59 Å². The number of carbonyl (C=O) groups is 2. The topological polar surface area (TPSA) is 95.9 Å². The van der Waals surface area contributed by atoms with Crippen molar-refractivity contribution in [1.82, 2.24) is 19.8 Å². The van der Waals surface area contributed by atoms with Crippen molar-refractivity contribution in [3.8, 4) is 5.75 Å². The normalized spacial score (nSPS) is 14.0. The Bertz CT molecular complexity index is 1160. The second-order valence-electron chi connectivity index (χ2n) is 9.11. The van der Waals surface area contributed by atoms with Gasteiger partial charge in [0.1, 0.15) is 5.75 Å². The van der Waals surface area contributed by atoms with Gasteiger partial charge in [-0.05, 0) is 86.7 Å². The van der Waals surface area contributed by atoms with Crippen molar-refractivity contribution in [3.63, 3.8) is 0 Å². The molecule has 1 N–H and O–H groups in total. The van der Waals surface area contributed by atoms with Crippen LogP contribution in [0.4, 0.5) is 4.79 Å². The summed E-state index contributed by atoms with van der Waals surface area (Å²) in [5.74, 6) is -0.407. The average Bonchev–Trinajstić information content (AvgIpc) is 2.89. The molecule has 1 fully saturated rings. The van der Waals surface area contributed by atoms with Crippen molar-refractivity contribution in [2.45, 2.75) is 32.6 Å². The summed E-state index contributed by atoms with van der Waals surface area (Å²) in [7, 11) is 0. The Labute approximate surface area is 211 Å². The van der Waals surface area contributed by atoms with E-state index in [0.29, 0.717) is 18.8 Å². The number of carboxylic acids is 1. The zero-order chi connectivity index (χ0) is 25.3. The molecule has 36 heavy (non-hydrogen) atoms. The van der Waals surface area contributed by atoms with Gasteiger partial charge >= 0.3 is 12.1 Å². The lowest BCUT2D eigenvalue weighted by molar-refractivity contribution is 0.0696. The van der Waals surface area contributed by atoms with Crippen molar-refractivity contribution >= 4 is 12.1 Å². The smallest absolute Gasteiger partial charge is 0.415 e. The molecule has 0 bridgehead atoms. The molecule has 0 spiro atoms. The Balaban J connectivity index is 1.15. The first kappa shape index (κ1) is 25.3. The summed E-state index contributed by atoms with van der Waals surface area (Å²) in [4.78, 5) is 36.2. The lowest BCUT2D eigenvalue weighted by Crippen LogP contribution is -2.49. The third-order valence-corrected chi connectivity index (χ3v) is 6.38. The number of aromatic carboxylic acids is 1. The first-order chi connectivity index (χ1) is 17.5. The second kappa shape index (κ2) is 12.3. The number of benzene rings is 1. The fourth-order valence-electron chi connectivity index (χ4n) is 4.23. The standard InChI is InChI=1S/C28H32N4O4/c1-21-12-13-29-25(19-21)8-4-22-5-10-26(11-6-22)36-28(35)32-17-15-31(16-18-32)14-2-3-24-9-7-23(20-30-24)27(33)34/h5-7,9-13,19-20H,2-4,8,14-18H2,1H3,(H,33,34). The quantitative estimate of drug-likeness (QED) is 0.486. The van der Waals surface area contributed by atoms with Crippen molar-refractivity contribution in [2.24, 2.45) is 0 Å². The molecular formula is C28H32N4O4. The van der Waals surface area contributed by atoms with Gasteiger partial charge in [-0.1, -0.05) is 12.1 Å². The maximum atomic E-state index is 12.6. The van der Waals surface area contributed by atoms with Crippen LogP contribution in [0, 0.1) is 6.92 Å². The van der Waals surface area contributed by atoms with E-state index in [9.17, 15) is 9.59 Å². The highest BCUT2D eigenvalue weighted by molar-refractivity contribution is 5.87. The molecule has 0 atom stereocenters. The van der Waals surface area contributed by atoms with E-state index >= 15 is 0 Å². The average molecular weight is 489 g/mol. The van der Waals surface area contributed by atoms with Crippen LogP contribution in [0.2, 0.25) is 0 Å². The van der Waals surface area contributed by atoms with Gasteiger partial charge in [0.15, 0.2) is 0 Å². The highest BCUT2D eigenvalue weighted by atomic mass is 16.6. The fraction of sp³-hybridized carbons (Fsp3) is 0.357. The molecule has 0 unspecified atom stereocenters. The number of nitrogens with zero attached hydrogens (tertiary/aromatic N) is 4. The molecule has 8 nitrogen and oxygen atoms in total. The van der Waals surface area contributed by atoms with Crippen molar-refractivity contribution in [3.05, 3.63) is 89.0 Å². The van der Waals surface area contributed by atoms with Gasteiger partial charge in [-0.15, -0.1) is 0 Å². The molecule has 0 aliphatic carbocycles. The zero-order valence-electron chi connectivity index (χ0n) is 20.6. The van der Waals surface area contributed by atoms with E-state index in [4.69, 9.17) is 9.84 Å². The van der Waals surface area contributed by atoms with Crippen LogP contribution in [0.15, 0.2) is 60.9 Å². The first-order valence-electron chi connectivity index (χ1n) is 12.3. The molecule has 2 aromatic heterocycles. The molecule has 1 aliphatic heterocycles. The fourth-order valence-corrected chi connectivity index (χ4v) is 4.23. The van der Waals surface area contributed by atoms with Crippen LogP contribution < -0.4 is 4.74 Å². The van der Waals surface area contributed by atoms with E-state index in [1.54, 1.807) is 17.0 Å². The number of ether oxygens (including phenoxy) is 1. The lowest BCUT2D eigenvalue weighted by Gasteiger charge is -2.34. The number of amides is 1. The number of piperazine rings is 1. The van der Waals surface area contributed by atoms with E-state index in [1.807, 2.05) is 36.5 Å². The van der Waals surface area contributed by atoms with Crippen molar-refractivity contribution in [1.29, 1.82) is 0 Å². The van der Waals surface area contributed by atoms with Crippen molar-refractivity contribution in [2.75, 3.05) is 32.7 Å². The Hall–Kier alpha value is -3.78. The minimum atomic E-state index is -0.964. The van der Waals surface area contributed by atoms with Crippen LogP contribution >= 0.6 is 0 Å². The number of carboxylic acid groups (broad SMARTS) is 1. The molecule has 188 valence electrons. The highest BCUT2D eigenvalue weighted by Gasteiger charge is 2.22. The molecule has 0 saturated carbocycles. The highest BCUT2D eigenvalue weighted by Crippen LogP contribution is 2.16. The van der Waals surface area contributed by atoms with E-state index in [0.717, 1.165) is 56.7 Å². The van der Waals surface area contributed by atoms with E-state index in [2.05, 4.69) is 27.9 Å². The Morgan fingerprint density at radius 1 is 0.917 bits per heavy atom. The maximum absolute atomic E-state index is 12.6. The summed E-state index contributed by atoms with van der Waals surface area (Å²) in [6, 6.07) is 15.2. The summed E-state index contributed by atoms with van der Waals surface area (Å²) in [6.07, 6.45) is 6.41. The second-order valence-corrected chi connectivity index (χ2v) is 9.11. The van der Waals surface area contributed by atoms with Gasteiger partial charge in [0.05, 0.1) is 5.56 Å². The minimum Gasteiger partial charge on any atom is -0.478 e. The van der Waals surface area contributed by atoms with Crippen LogP contribution in [0.1, 0.15) is 39.3 Å². The largest absolute Gasteiger partial charge is 0.478 e. The number of hydrogen-bond acceptors (Lipinski definition) is 6. The molecule has 1 aliphatic rings. The van der Waals surface area contributed by atoms with Gasteiger partial charge < -0.3 is 14.7 Å². The summed E-state index contributed by atoms with van der Waals surface area (Å²) >= 11 is 0. The summed E-state index contributed by atoms with van der Waals surface area (Å²) in [6.45, 7) is 5.83. The van der Waals surface area contributed by atoms with E-state index in [-0.39, 0.29) is 11.7 Å². The van der Waals surface area contributed by atoms with Crippen LogP contribution in [-0.4, -0.2) is 69.7 Å². The van der Waals surface area contributed by atoms with E-state index < -0.39 is 5.97 Å². The molecular weight excluding hydrogens is 456 g/mol. The first-order valence-corrected chi connectivity index (χ1v) is 12.3. The summed E-state index contributed by atoms with van der Waals surface area (Å²) in [5, 5.41) is 8.95. The molecule has 1 aromatic carbocycles. The van der Waals surface area contributed by atoms with Gasteiger partial charge in [-0.2, -0.15) is 0 Å². The Kier molecular flexibility index (Phi) is 8.62. The third kappa shape index (κ3) is 7.36. The number of aromatic nitrogens is 2. The Morgan fingerprint density at radius 3 is 2.36 bits per heavy atom. The molecule has 0 radical (unpaired) electrons.